The summed E-state index contributed by atoms with van der Waals surface area (Å²) >= 11 is 7.10. The Labute approximate surface area is 143 Å². The third-order valence-corrected chi connectivity index (χ3v) is 6.43. The Morgan fingerprint density at radius 1 is 1.26 bits per heavy atom. The van der Waals surface area contributed by atoms with Crippen LogP contribution in [0.4, 0.5) is 0 Å². The minimum atomic E-state index is -3.64. The minimum absolute atomic E-state index is 0.269. The van der Waals surface area contributed by atoms with Crippen molar-refractivity contribution in [1.82, 2.24) is 14.3 Å². The Morgan fingerprint density at radius 2 is 2.00 bits per heavy atom. The molecule has 0 saturated carbocycles. The third kappa shape index (κ3) is 3.48. The van der Waals surface area contributed by atoms with Gasteiger partial charge in [0.15, 0.2) is 0 Å². The number of aryl methyl sites for hydroxylation is 1. The molecule has 0 radical (unpaired) electrons. The number of sulfonamides is 1. The van der Waals surface area contributed by atoms with E-state index < -0.39 is 16.1 Å². The Kier molecular flexibility index (Phi) is 4.54. The number of rotatable bonds is 5. The van der Waals surface area contributed by atoms with Crippen molar-refractivity contribution in [2.45, 2.75) is 10.3 Å². The molecule has 2 heterocycles. The quantitative estimate of drug-likeness (QED) is 0.753. The average Bonchev–Trinajstić information content (AvgIpc) is 3.17. The number of nitrogens with one attached hydrogen (secondary N) is 1. The Morgan fingerprint density at radius 3 is 2.57 bits per heavy atom. The van der Waals surface area contributed by atoms with Crippen molar-refractivity contribution >= 4 is 33.0 Å². The lowest BCUT2D eigenvalue weighted by molar-refractivity contribution is 0.565. The van der Waals surface area contributed by atoms with Crippen LogP contribution in [0.15, 0.2) is 58.4 Å². The topological polar surface area (TPSA) is 64.0 Å². The summed E-state index contributed by atoms with van der Waals surface area (Å²) in [6.07, 6.45) is 3.41. The maximum atomic E-state index is 12.6. The van der Waals surface area contributed by atoms with Crippen LogP contribution in [0.2, 0.25) is 5.02 Å². The zero-order valence-corrected chi connectivity index (χ0v) is 14.6. The maximum absolute atomic E-state index is 12.6. The second-order valence-electron chi connectivity index (χ2n) is 4.93. The smallest absolute Gasteiger partial charge is 0.251 e. The van der Waals surface area contributed by atoms with Crippen molar-refractivity contribution in [1.29, 1.82) is 0 Å². The van der Waals surface area contributed by atoms with Gasteiger partial charge in [-0.05, 0) is 29.1 Å². The summed E-state index contributed by atoms with van der Waals surface area (Å²) in [6.45, 7) is 0. The lowest BCUT2D eigenvalue weighted by Gasteiger charge is -2.18. The summed E-state index contributed by atoms with van der Waals surface area (Å²) in [6, 6.07) is 9.72. The first-order valence-electron chi connectivity index (χ1n) is 6.76. The van der Waals surface area contributed by atoms with Gasteiger partial charge in [0.25, 0.3) is 10.0 Å². The minimum Gasteiger partial charge on any atom is -0.336 e. The van der Waals surface area contributed by atoms with Crippen LogP contribution in [0, 0.1) is 0 Å². The molecule has 0 bridgehead atoms. The monoisotopic (exact) mass is 367 g/mol. The number of imidazole rings is 1. The summed E-state index contributed by atoms with van der Waals surface area (Å²) in [5.74, 6) is 0.604. The molecule has 5 nitrogen and oxygen atoms in total. The summed E-state index contributed by atoms with van der Waals surface area (Å²) in [5, 5.41) is 2.32. The molecule has 8 heteroatoms. The van der Waals surface area contributed by atoms with Gasteiger partial charge in [-0.25, -0.2) is 13.4 Å². The van der Waals surface area contributed by atoms with Crippen molar-refractivity contribution in [3.8, 4) is 0 Å². The summed E-state index contributed by atoms with van der Waals surface area (Å²) in [4.78, 5) is 4.29. The molecule has 0 amide bonds. The molecular weight excluding hydrogens is 354 g/mol. The third-order valence-electron chi connectivity index (χ3n) is 3.35. The van der Waals surface area contributed by atoms with Crippen LogP contribution in [0.25, 0.3) is 0 Å². The number of nitrogens with zero attached hydrogens (tertiary/aromatic N) is 2. The molecule has 3 rings (SSSR count). The van der Waals surface area contributed by atoms with E-state index in [1.807, 2.05) is 7.05 Å². The van der Waals surface area contributed by atoms with E-state index in [1.165, 1.54) is 11.3 Å². The SMILES string of the molecule is Cn1ccnc1[C@@H](NS(=O)(=O)c1cccs1)c1ccc(Cl)cc1. The molecule has 0 fully saturated rings. The number of hydrogen-bond donors (Lipinski definition) is 1. The molecule has 120 valence electrons. The second kappa shape index (κ2) is 6.45. The largest absolute Gasteiger partial charge is 0.336 e. The first kappa shape index (κ1) is 16.2. The maximum Gasteiger partial charge on any atom is 0.251 e. The van der Waals surface area contributed by atoms with Gasteiger partial charge >= 0.3 is 0 Å². The molecule has 23 heavy (non-hydrogen) atoms. The van der Waals surface area contributed by atoms with Crippen LogP contribution in [0.1, 0.15) is 17.4 Å². The van der Waals surface area contributed by atoms with E-state index in [9.17, 15) is 8.42 Å². The van der Waals surface area contributed by atoms with Gasteiger partial charge in [-0.15, -0.1) is 11.3 Å². The van der Waals surface area contributed by atoms with Gasteiger partial charge in [0, 0.05) is 24.5 Å². The van der Waals surface area contributed by atoms with Crippen molar-refractivity contribution in [2.75, 3.05) is 0 Å². The Balaban J connectivity index is 2.03. The van der Waals surface area contributed by atoms with E-state index in [-0.39, 0.29) is 4.21 Å². The van der Waals surface area contributed by atoms with Gasteiger partial charge in [-0.2, -0.15) is 4.72 Å². The van der Waals surface area contributed by atoms with Crippen LogP contribution >= 0.6 is 22.9 Å². The average molecular weight is 368 g/mol. The van der Waals surface area contributed by atoms with Crippen molar-refractivity contribution in [3.05, 3.63) is 70.6 Å². The molecule has 0 unspecified atom stereocenters. The molecule has 0 aliphatic rings. The highest BCUT2D eigenvalue weighted by atomic mass is 35.5. The van der Waals surface area contributed by atoms with Crippen LogP contribution < -0.4 is 4.72 Å². The van der Waals surface area contributed by atoms with Gasteiger partial charge in [0.1, 0.15) is 16.1 Å². The molecule has 1 aromatic carbocycles. The fourth-order valence-electron chi connectivity index (χ4n) is 2.21. The highest BCUT2D eigenvalue weighted by Gasteiger charge is 2.26. The van der Waals surface area contributed by atoms with E-state index in [1.54, 1.807) is 58.7 Å². The number of benzene rings is 1. The lowest BCUT2D eigenvalue weighted by Crippen LogP contribution is -2.30. The van der Waals surface area contributed by atoms with Crippen molar-refractivity contribution in [2.24, 2.45) is 7.05 Å². The summed E-state index contributed by atoms with van der Waals surface area (Å²) in [5.41, 5.74) is 0.767. The summed E-state index contributed by atoms with van der Waals surface area (Å²) < 4.78 is 30.0. The van der Waals surface area contributed by atoms with Crippen molar-refractivity contribution < 1.29 is 8.42 Å². The molecule has 1 atom stereocenters. The molecule has 0 aliphatic heterocycles. The predicted molar refractivity (Wildman–Crippen MR) is 91.1 cm³/mol. The van der Waals surface area contributed by atoms with Gasteiger partial charge in [0.05, 0.1) is 0 Å². The first-order chi connectivity index (χ1) is 11.0. The Hall–Kier alpha value is -1.67. The van der Waals surface area contributed by atoms with Gasteiger partial charge < -0.3 is 4.57 Å². The number of halogens is 1. The second-order valence-corrected chi connectivity index (χ2v) is 8.26. The normalized spacial score (nSPS) is 13.1. The molecule has 0 aliphatic carbocycles. The van der Waals surface area contributed by atoms with Crippen LogP contribution in [0.5, 0.6) is 0 Å². The molecule has 2 aromatic heterocycles. The van der Waals surface area contributed by atoms with E-state index in [0.29, 0.717) is 10.8 Å². The van der Waals surface area contributed by atoms with Crippen LogP contribution in [-0.2, 0) is 17.1 Å². The molecular formula is C15H14ClN3O2S2. The highest BCUT2D eigenvalue weighted by Crippen LogP contribution is 2.25. The van der Waals surface area contributed by atoms with E-state index >= 15 is 0 Å². The molecule has 0 spiro atoms. The fraction of sp³-hybridized carbons (Fsp3) is 0.133. The number of thiophene rings is 1. The predicted octanol–water partition coefficient (Wildman–Crippen LogP) is 3.20. The van der Waals surface area contributed by atoms with Gasteiger partial charge in [0.2, 0.25) is 0 Å². The number of aromatic nitrogens is 2. The van der Waals surface area contributed by atoms with Crippen LogP contribution in [-0.4, -0.2) is 18.0 Å². The van der Waals surface area contributed by atoms with E-state index in [2.05, 4.69) is 9.71 Å². The lowest BCUT2D eigenvalue weighted by atomic mass is 10.1. The first-order valence-corrected chi connectivity index (χ1v) is 9.50. The van der Waals surface area contributed by atoms with Gasteiger partial charge in [-0.3, -0.25) is 0 Å². The fourth-order valence-corrected chi connectivity index (χ4v) is 4.53. The van der Waals surface area contributed by atoms with Crippen LogP contribution in [0.3, 0.4) is 0 Å². The van der Waals surface area contributed by atoms with E-state index in [4.69, 9.17) is 11.6 Å². The zero-order valence-electron chi connectivity index (χ0n) is 12.2. The molecule has 0 saturated heterocycles. The number of hydrogen-bond acceptors (Lipinski definition) is 4. The molecule has 1 N–H and O–H groups in total. The Bertz CT molecular complexity index is 887. The summed E-state index contributed by atoms with van der Waals surface area (Å²) in [7, 11) is -1.81. The van der Waals surface area contributed by atoms with E-state index in [0.717, 1.165) is 5.56 Å². The highest BCUT2D eigenvalue weighted by molar-refractivity contribution is 7.91. The standard InChI is InChI=1S/C15H14ClN3O2S2/c1-19-9-8-17-15(19)14(11-4-6-12(16)7-5-11)18-23(20,21)13-3-2-10-22-13/h2-10,14,18H,1H3/t14-/m0/s1. The van der Waals surface area contributed by atoms with Gasteiger partial charge in [-0.1, -0.05) is 29.8 Å². The van der Waals surface area contributed by atoms with Crippen molar-refractivity contribution in [3.63, 3.8) is 0 Å². The molecule has 3 aromatic rings. The zero-order chi connectivity index (χ0) is 16.4.